The second-order valence-electron chi connectivity index (χ2n) is 5.03. The third-order valence-electron chi connectivity index (χ3n) is 2.97. The van der Waals surface area contributed by atoms with Crippen LogP contribution in [0, 0.1) is 0 Å². The summed E-state index contributed by atoms with van der Waals surface area (Å²) in [5, 5.41) is 3.65. The molecule has 1 N–H and O–H groups in total. The van der Waals surface area contributed by atoms with Crippen molar-refractivity contribution in [3.8, 4) is 0 Å². The standard InChI is InChI=1S/C13H22ClNS/c1-5-13(3,4)15-10(2)6-7-11-8-9-12(14)16-11/h8-10,15H,5-7H2,1-4H3. The van der Waals surface area contributed by atoms with Crippen LogP contribution >= 0.6 is 22.9 Å². The molecule has 1 nitrogen and oxygen atoms in total. The van der Waals surface area contributed by atoms with Crippen LogP contribution in [0.5, 0.6) is 0 Å². The molecule has 0 saturated carbocycles. The summed E-state index contributed by atoms with van der Waals surface area (Å²) in [7, 11) is 0. The fourth-order valence-electron chi connectivity index (χ4n) is 1.69. The molecule has 0 bridgehead atoms. The highest BCUT2D eigenvalue weighted by molar-refractivity contribution is 7.16. The molecule has 0 radical (unpaired) electrons. The van der Waals surface area contributed by atoms with Gasteiger partial charge in [0.25, 0.3) is 0 Å². The highest BCUT2D eigenvalue weighted by Gasteiger charge is 2.17. The maximum Gasteiger partial charge on any atom is 0.0931 e. The average molecular weight is 260 g/mol. The Balaban J connectivity index is 2.33. The zero-order valence-corrected chi connectivity index (χ0v) is 12.2. The van der Waals surface area contributed by atoms with Crippen LogP contribution in [0.2, 0.25) is 4.34 Å². The zero-order valence-electron chi connectivity index (χ0n) is 10.6. The van der Waals surface area contributed by atoms with Crippen molar-refractivity contribution in [3.05, 3.63) is 21.3 Å². The van der Waals surface area contributed by atoms with Crippen LogP contribution in [-0.2, 0) is 6.42 Å². The van der Waals surface area contributed by atoms with Gasteiger partial charge in [-0.05, 0) is 52.2 Å². The summed E-state index contributed by atoms with van der Waals surface area (Å²) in [5.74, 6) is 0. The summed E-state index contributed by atoms with van der Waals surface area (Å²) in [6, 6.07) is 4.66. The van der Waals surface area contributed by atoms with Gasteiger partial charge in [0, 0.05) is 16.5 Å². The van der Waals surface area contributed by atoms with Crippen molar-refractivity contribution < 1.29 is 0 Å². The Hall–Kier alpha value is -0.0500. The number of nitrogens with one attached hydrogen (secondary N) is 1. The number of aryl methyl sites for hydroxylation is 1. The van der Waals surface area contributed by atoms with Gasteiger partial charge >= 0.3 is 0 Å². The minimum absolute atomic E-state index is 0.243. The SMILES string of the molecule is CCC(C)(C)NC(C)CCc1ccc(Cl)s1. The van der Waals surface area contributed by atoms with Gasteiger partial charge in [0.05, 0.1) is 4.34 Å². The largest absolute Gasteiger partial charge is 0.309 e. The van der Waals surface area contributed by atoms with E-state index in [0.29, 0.717) is 6.04 Å². The predicted octanol–water partition coefficient (Wildman–Crippen LogP) is 4.50. The minimum atomic E-state index is 0.243. The van der Waals surface area contributed by atoms with E-state index >= 15 is 0 Å². The Morgan fingerprint density at radius 3 is 2.62 bits per heavy atom. The monoisotopic (exact) mass is 259 g/mol. The predicted molar refractivity (Wildman–Crippen MR) is 74.6 cm³/mol. The minimum Gasteiger partial charge on any atom is -0.309 e. The summed E-state index contributed by atoms with van der Waals surface area (Å²) < 4.78 is 0.893. The average Bonchev–Trinajstić information content (AvgIpc) is 2.61. The number of hydrogen-bond donors (Lipinski definition) is 1. The molecule has 92 valence electrons. The molecule has 0 aliphatic carbocycles. The van der Waals surface area contributed by atoms with Crippen molar-refractivity contribution in [2.24, 2.45) is 0 Å². The lowest BCUT2D eigenvalue weighted by atomic mass is 9.99. The molecule has 1 heterocycles. The second kappa shape index (κ2) is 6.04. The molecule has 0 spiro atoms. The molecule has 1 aromatic rings. The van der Waals surface area contributed by atoms with Gasteiger partial charge in [-0.3, -0.25) is 0 Å². The fraction of sp³-hybridized carbons (Fsp3) is 0.692. The number of thiophene rings is 1. The van der Waals surface area contributed by atoms with E-state index in [1.54, 1.807) is 11.3 Å². The molecule has 3 heteroatoms. The first-order valence-electron chi connectivity index (χ1n) is 5.95. The van der Waals surface area contributed by atoms with Crippen molar-refractivity contribution in [1.82, 2.24) is 5.32 Å². The van der Waals surface area contributed by atoms with Gasteiger partial charge in [-0.2, -0.15) is 0 Å². The molecule has 0 fully saturated rings. The van der Waals surface area contributed by atoms with Crippen molar-refractivity contribution in [2.75, 3.05) is 0 Å². The lowest BCUT2D eigenvalue weighted by Crippen LogP contribution is -2.44. The van der Waals surface area contributed by atoms with E-state index in [9.17, 15) is 0 Å². The first-order valence-corrected chi connectivity index (χ1v) is 7.14. The van der Waals surface area contributed by atoms with Crippen LogP contribution in [-0.4, -0.2) is 11.6 Å². The van der Waals surface area contributed by atoms with E-state index in [-0.39, 0.29) is 5.54 Å². The van der Waals surface area contributed by atoms with Gasteiger partial charge in [0.15, 0.2) is 0 Å². The molecular formula is C13H22ClNS. The molecule has 16 heavy (non-hydrogen) atoms. The molecule has 0 amide bonds. The summed E-state index contributed by atoms with van der Waals surface area (Å²) in [5.41, 5.74) is 0.243. The third kappa shape index (κ3) is 4.86. The van der Waals surface area contributed by atoms with E-state index < -0.39 is 0 Å². The summed E-state index contributed by atoms with van der Waals surface area (Å²) in [6.07, 6.45) is 3.44. The molecule has 0 saturated heterocycles. The molecule has 0 aliphatic rings. The molecule has 0 aromatic carbocycles. The number of rotatable bonds is 6. The Morgan fingerprint density at radius 2 is 2.12 bits per heavy atom. The number of halogens is 1. The first-order chi connectivity index (χ1) is 7.43. The maximum absolute atomic E-state index is 5.91. The summed E-state index contributed by atoms with van der Waals surface area (Å²) in [4.78, 5) is 1.38. The Labute approximate surface area is 108 Å². The molecule has 0 aliphatic heterocycles. The molecule has 1 atom stereocenters. The van der Waals surface area contributed by atoms with E-state index in [0.717, 1.165) is 17.2 Å². The van der Waals surface area contributed by atoms with E-state index in [2.05, 4.69) is 39.1 Å². The van der Waals surface area contributed by atoms with Crippen molar-refractivity contribution in [1.29, 1.82) is 0 Å². The van der Waals surface area contributed by atoms with Gasteiger partial charge < -0.3 is 5.32 Å². The van der Waals surface area contributed by atoms with Crippen LogP contribution in [0.25, 0.3) is 0 Å². The molecule has 1 unspecified atom stereocenters. The Morgan fingerprint density at radius 1 is 1.44 bits per heavy atom. The third-order valence-corrected chi connectivity index (χ3v) is 4.26. The van der Waals surface area contributed by atoms with E-state index in [1.165, 1.54) is 11.3 Å². The second-order valence-corrected chi connectivity index (χ2v) is 6.83. The van der Waals surface area contributed by atoms with Crippen LogP contribution in [0.3, 0.4) is 0 Å². The van der Waals surface area contributed by atoms with Crippen molar-refractivity contribution in [3.63, 3.8) is 0 Å². The quantitative estimate of drug-likeness (QED) is 0.793. The Bertz CT molecular complexity index is 319. The number of hydrogen-bond acceptors (Lipinski definition) is 2. The van der Waals surface area contributed by atoms with Crippen molar-refractivity contribution in [2.45, 2.75) is 58.5 Å². The highest BCUT2D eigenvalue weighted by atomic mass is 35.5. The fourth-order valence-corrected chi connectivity index (χ4v) is 2.79. The van der Waals surface area contributed by atoms with Crippen LogP contribution in [0.1, 0.15) is 45.4 Å². The lowest BCUT2D eigenvalue weighted by Gasteiger charge is -2.29. The highest BCUT2D eigenvalue weighted by Crippen LogP contribution is 2.23. The topological polar surface area (TPSA) is 12.0 Å². The summed E-state index contributed by atoms with van der Waals surface area (Å²) in [6.45, 7) is 8.99. The van der Waals surface area contributed by atoms with Crippen LogP contribution in [0.4, 0.5) is 0 Å². The van der Waals surface area contributed by atoms with Gasteiger partial charge in [0.2, 0.25) is 0 Å². The van der Waals surface area contributed by atoms with Gasteiger partial charge in [-0.1, -0.05) is 18.5 Å². The van der Waals surface area contributed by atoms with Gasteiger partial charge in [-0.25, -0.2) is 0 Å². The normalized spacial score (nSPS) is 14.1. The van der Waals surface area contributed by atoms with Crippen LogP contribution < -0.4 is 5.32 Å². The first kappa shape index (κ1) is 14.0. The summed E-state index contributed by atoms with van der Waals surface area (Å²) >= 11 is 7.60. The van der Waals surface area contributed by atoms with Gasteiger partial charge in [-0.15, -0.1) is 11.3 Å². The molecular weight excluding hydrogens is 238 g/mol. The van der Waals surface area contributed by atoms with Crippen molar-refractivity contribution >= 4 is 22.9 Å². The lowest BCUT2D eigenvalue weighted by molar-refractivity contribution is 0.325. The van der Waals surface area contributed by atoms with E-state index in [4.69, 9.17) is 11.6 Å². The van der Waals surface area contributed by atoms with E-state index in [1.807, 2.05) is 6.07 Å². The molecule has 1 aromatic heterocycles. The van der Waals surface area contributed by atoms with Crippen LogP contribution in [0.15, 0.2) is 12.1 Å². The Kier molecular flexibility index (Phi) is 5.29. The zero-order chi connectivity index (χ0) is 12.2. The smallest absolute Gasteiger partial charge is 0.0931 e. The van der Waals surface area contributed by atoms with Gasteiger partial charge in [0.1, 0.15) is 0 Å². The maximum atomic E-state index is 5.91. The molecule has 1 rings (SSSR count).